The predicted octanol–water partition coefficient (Wildman–Crippen LogP) is 5.71. The number of carbonyl (C=O) groups excluding carboxylic acids is 3. The van der Waals surface area contributed by atoms with Crippen molar-refractivity contribution in [2.45, 2.75) is 51.4 Å². The molecule has 1 heterocycles. The van der Waals surface area contributed by atoms with Crippen molar-refractivity contribution in [2.75, 3.05) is 19.0 Å². The summed E-state index contributed by atoms with van der Waals surface area (Å²) in [5.41, 5.74) is 5.62. The molecule has 0 fully saturated rings. The molecule has 0 bridgehead atoms. The van der Waals surface area contributed by atoms with Crippen LogP contribution in [-0.4, -0.2) is 36.0 Å². The second kappa shape index (κ2) is 9.94. The summed E-state index contributed by atoms with van der Waals surface area (Å²) >= 11 is 6.43. The topological polar surface area (TPSA) is 75.7 Å². The Morgan fingerprint density at radius 2 is 1.64 bits per heavy atom. The van der Waals surface area contributed by atoms with Crippen LogP contribution in [0.15, 0.2) is 65.0 Å². The van der Waals surface area contributed by atoms with Gasteiger partial charge in [-0.2, -0.15) is 0 Å². The van der Waals surface area contributed by atoms with Gasteiger partial charge >= 0.3 is 0 Å². The number of para-hydroxylation sites is 1. The molecule has 0 spiro atoms. The first-order valence-corrected chi connectivity index (χ1v) is 12.8. The van der Waals surface area contributed by atoms with Crippen LogP contribution in [0, 0.1) is 6.92 Å². The van der Waals surface area contributed by atoms with Gasteiger partial charge in [-0.25, -0.2) is 0 Å². The summed E-state index contributed by atoms with van der Waals surface area (Å²) in [6, 6.07) is 12.7. The minimum absolute atomic E-state index is 0.0567. The Hall–Kier alpha value is -3.38. The quantitative estimate of drug-likeness (QED) is 0.564. The fourth-order valence-electron chi connectivity index (χ4n) is 5.58. The van der Waals surface area contributed by atoms with Crippen molar-refractivity contribution in [2.24, 2.45) is 0 Å². The molecule has 1 aliphatic heterocycles. The van der Waals surface area contributed by atoms with Gasteiger partial charge in [-0.3, -0.25) is 14.4 Å². The molecule has 2 aromatic rings. The van der Waals surface area contributed by atoms with Crippen molar-refractivity contribution in [3.63, 3.8) is 0 Å². The normalized spacial score (nSPS) is 18.2. The second-order valence-electron chi connectivity index (χ2n) is 9.60. The molecule has 0 unspecified atom stereocenters. The summed E-state index contributed by atoms with van der Waals surface area (Å²) < 4.78 is 6.02. The fourth-order valence-corrected chi connectivity index (χ4v) is 5.76. The molecule has 1 amide bonds. The van der Waals surface area contributed by atoms with E-state index < -0.39 is 5.92 Å². The number of halogens is 1. The van der Waals surface area contributed by atoms with Gasteiger partial charge in [-0.05, 0) is 62.4 Å². The van der Waals surface area contributed by atoms with E-state index in [1.54, 1.807) is 18.2 Å². The number of ketones is 2. The van der Waals surface area contributed by atoms with E-state index in [0.717, 1.165) is 48.3 Å². The first kappa shape index (κ1) is 24.3. The van der Waals surface area contributed by atoms with Gasteiger partial charge in [0.25, 0.3) is 5.91 Å². The smallest absolute Gasteiger partial charge is 0.262 e. The molecule has 2 aliphatic carbocycles. The molecule has 186 valence electrons. The summed E-state index contributed by atoms with van der Waals surface area (Å²) in [4.78, 5) is 41.3. The summed E-state index contributed by atoms with van der Waals surface area (Å²) in [6.45, 7) is 1.71. The van der Waals surface area contributed by atoms with E-state index in [0.29, 0.717) is 40.3 Å². The largest absolute Gasteiger partial charge is 0.483 e. The molecule has 7 heteroatoms. The Balaban J connectivity index is 1.52. The maximum absolute atomic E-state index is 13.3. The summed E-state index contributed by atoms with van der Waals surface area (Å²) in [5, 5.41) is 3.36. The number of benzene rings is 2. The van der Waals surface area contributed by atoms with Gasteiger partial charge in [-0.15, -0.1) is 0 Å². The van der Waals surface area contributed by atoms with Crippen LogP contribution in [-0.2, 0) is 14.4 Å². The number of amides is 1. The average molecular weight is 505 g/mol. The third-order valence-electron chi connectivity index (χ3n) is 7.31. The molecular formula is C29H29ClN2O4. The molecule has 5 rings (SSSR count). The zero-order valence-corrected chi connectivity index (χ0v) is 21.3. The zero-order chi connectivity index (χ0) is 25.4. The van der Waals surface area contributed by atoms with Gasteiger partial charge < -0.3 is 15.0 Å². The van der Waals surface area contributed by atoms with Crippen molar-refractivity contribution in [1.29, 1.82) is 0 Å². The molecule has 0 saturated heterocycles. The SMILES string of the molecule is Cc1ccccc1NC(=O)COc1ccc(Cl)cc1C1C2=C(CCCC2=O)N(C)C2=C1C(=O)CCC2. The van der Waals surface area contributed by atoms with Crippen molar-refractivity contribution in [3.05, 3.63) is 81.2 Å². The van der Waals surface area contributed by atoms with E-state index in [1.165, 1.54) is 0 Å². The Bertz CT molecular complexity index is 1280. The number of carbonyl (C=O) groups is 3. The molecule has 2 aromatic carbocycles. The van der Waals surface area contributed by atoms with Gasteiger partial charge in [0.1, 0.15) is 5.75 Å². The maximum Gasteiger partial charge on any atom is 0.262 e. The number of nitrogens with one attached hydrogen (secondary N) is 1. The third kappa shape index (κ3) is 4.46. The van der Waals surface area contributed by atoms with Gasteiger partial charge in [0.15, 0.2) is 18.2 Å². The molecule has 0 radical (unpaired) electrons. The van der Waals surface area contributed by atoms with E-state index in [1.807, 2.05) is 38.2 Å². The van der Waals surface area contributed by atoms with Crippen molar-refractivity contribution in [1.82, 2.24) is 4.90 Å². The van der Waals surface area contributed by atoms with Crippen molar-refractivity contribution < 1.29 is 19.1 Å². The number of hydrogen-bond donors (Lipinski definition) is 1. The number of ether oxygens (including phenoxy) is 1. The van der Waals surface area contributed by atoms with Crippen LogP contribution in [0.5, 0.6) is 5.75 Å². The molecule has 3 aliphatic rings. The monoisotopic (exact) mass is 504 g/mol. The highest BCUT2D eigenvalue weighted by molar-refractivity contribution is 6.30. The Kier molecular flexibility index (Phi) is 6.71. The van der Waals surface area contributed by atoms with Crippen LogP contribution in [0.25, 0.3) is 0 Å². The molecule has 6 nitrogen and oxygen atoms in total. The van der Waals surface area contributed by atoms with Gasteiger partial charge in [0.05, 0.1) is 0 Å². The maximum atomic E-state index is 13.3. The minimum atomic E-state index is -0.542. The highest BCUT2D eigenvalue weighted by Crippen LogP contribution is 2.50. The number of hydrogen-bond acceptors (Lipinski definition) is 5. The lowest BCUT2D eigenvalue weighted by molar-refractivity contribution is -0.119. The fraction of sp³-hybridized carbons (Fsp3) is 0.345. The predicted molar refractivity (Wildman–Crippen MR) is 139 cm³/mol. The van der Waals surface area contributed by atoms with Crippen LogP contribution < -0.4 is 10.1 Å². The lowest BCUT2D eigenvalue weighted by atomic mass is 9.71. The third-order valence-corrected chi connectivity index (χ3v) is 7.54. The Labute approximate surface area is 216 Å². The number of allylic oxidation sites excluding steroid dienone is 4. The van der Waals surface area contributed by atoms with Crippen LogP contribution in [0.1, 0.15) is 55.6 Å². The highest BCUT2D eigenvalue weighted by Gasteiger charge is 2.43. The molecule has 0 atom stereocenters. The summed E-state index contributed by atoms with van der Waals surface area (Å²) in [6.07, 6.45) is 4.07. The van der Waals surface area contributed by atoms with E-state index in [4.69, 9.17) is 16.3 Å². The number of aryl methyl sites for hydroxylation is 1. The Morgan fingerprint density at radius 3 is 2.28 bits per heavy atom. The zero-order valence-electron chi connectivity index (χ0n) is 20.5. The van der Waals surface area contributed by atoms with Crippen molar-refractivity contribution in [3.8, 4) is 5.75 Å². The number of Topliss-reactive ketones (excluding diaryl/α,β-unsaturated/α-hetero) is 2. The van der Waals surface area contributed by atoms with Crippen molar-refractivity contribution >= 4 is 34.8 Å². The molecule has 36 heavy (non-hydrogen) atoms. The van der Waals surface area contributed by atoms with E-state index >= 15 is 0 Å². The van der Waals surface area contributed by atoms with E-state index in [9.17, 15) is 14.4 Å². The lowest BCUT2D eigenvalue weighted by Gasteiger charge is -2.42. The van der Waals surface area contributed by atoms with Crippen LogP contribution in [0.3, 0.4) is 0 Å². The lowest BCUT2D eigenvalue weighted by Crippen LogP contribution is -2.37. The first-order valence-electron chi connectivity index (χ1n) is 12.4. The number of anilines is 1. The Morgan fingerprint density at radius 1 is 1.00 bits per heavy atom. The second-order valence-corrected chi connectivity index (χ2v) is 10.0. The van der Waals surface area contributed by atoms with Crippen LogP contribution >= 0.6 is 11.6 Å². The molecular weight excluding hydrogens is 476 g/mol. The molecule has 0 aromatic heterocycles. The van der Waals surface area contributed by atoms with E-state index in [-0.39, 0.29) is 24.1 Å². The van der Waals surface area contributed by atoms with Gasteiger partial charge in [0.2, 0.25) is 0 Å². The standard InChI is InChI=1S/C29H29ClN2O4/c1-17-7-3-4-8-20(17)31-26(35)16-36-25-14-13-18(30)15-19(25)27-28-21(9-5-11-23(28)33)32(2)22-10-6-12-24(34)29(22)27/h3-4,7-8,13-15,27H,5-6,9-12,16H2,1-2H3,(H,31,35). The summed E-state index contributed by atoms with van der Waals surface area (Å²) in [5.74, 6) is -0.275. The van der Waals surface area contributed by atoms with Gasteiger partial charge in [0, 0.05) is 64.6 Å². The van der Waals surface area contributed by atoms with Gasteiger partial charge in [-0.1, -0.05) is 29.8 Å². The van der Waals surface area contributed by atoms with Crippen LogP contribution in [0.2, 0.25) is 5.02 Å². The average Bonchev–Trinajstić information content (AvgIpc) is 2.86. The van der Waals surface area contributed by atoms with E-state index in [2.05, 4.69) is 10.2 Å². The minimum Gasteiger partial charge on any atom is -0.483 e. The highest BCUT2D eigenvalue weighted by atomic mass is 35.5. The number of rotatable bonds is 5. The summed E-state index contributed by atoms with van der Waals surface area (Å²) in [7, 11) is 1.96. The molecule has 1 N–H and O–H groups in total. The number of nitrogens with zero attached hydrogens (tertiary/aromatic N) is 1. The molecule has 0 saturated carbocycles. The van der Waals surface area contributed by atoms with Crippen LogP contribution in [0.4, 0.5) is 5.69 Å². The first-order chi connectivity index (χ1) is 17.3.